The number of anilines is 1. The number of nitrogens with one attached hydrogen (secondary N) is 1. The minimum absolute atomic E-state index is 0.730. The number of hydrogen-bond donors (Lipinski definition) is 1. The lowest BCUT2D eigenvalue weighted by Crippen LogP contribution is -2.26. The smallest absolute Gasteiger partial charge is 0.119 e. The largest absolute Gasteiger partial charge is 0.494 e. The number of rotatable bonds is 6. The minimum atomic E-state index is 0.730. The van der Waals surface area contributed by atoms with Gasteiger partial charge in [-0.1, -0.05) is 6.92 Å². The van der Waals surface area contributed by atoms with Crippen LogP contribution >= 0.6 is 0 Å². The molecule has 0 aromatic heterocycles. The molecule has 100 valence electrons. The molecule has 1 aliphatic heterocycles. The van der Waals surface area contributed by atoms with Gasteiger partial charge in [-0.05, 0) is 56.6 Å². The Labute approximate surface area is 110 Å². The van der Waals surface area contributed by atoms with Crippen LogP contribution in [0.15, 0.2) is 24.3 Å². The van der Waals surface area contributed by atoms with Crippen molar-refractivity contribution in [3.05, 3.63) is 24.3 Å². The third-order valence-corrected chi connectivity index (χ3v) is 3.48. The molecule has 1 unspecified atom stereocenters. The summed E-state index contributed by atoms with van der Waals surface area (Å²) in [5.74, 6) is 1.75. The molecular weight excluding hydrogens is 224 g/mol. The first-order valence-electron chi connectivity index (χ1n) is 7.02. The van der Waals surface area contributed by atoms with Gasteiger partial charge in [0.05, 0.1) is 6.61 Å². The van der Waals surface area contributed by atoms with E-state index in [2.05, 4.69) is 41.4 Å². The maximum absolute atomic E-state index is 5.47. The van der Waals surface area contributed by atoms with Crippen LogP contribution in [0.1, 0.15) is 20.3 Å². The van der Waals surface area contributed by atoms with Gasteiger partial charge in [0.15, 0.2) is 0 Å². The average molecular weight is 248 g/mol. The van der Waals surface area contributed by atoms with E-state index >= 15 is 0 Å². The fraction of sp³-hybridized carbons (Fsp3) is 0.600. The van der Waals surface area contributed by atoms with E-state index in [0.29, 0.717) is 0 Å². The molecular formula is C15H24N2O. The molecule has 0 amide bonds. The Balaban J connectivity index is 1.88. The van der Waals surface area contributed by atoms with Gasteiger partial charge >= 0.3 is 0 Å². The Morgan fingerprint density at radius 3 is 2.72 bits per heavy atom. The van der Waals surface area contributed by atoms with Gasteiger partial charge in [0.1, 0.15) is 5.75 Å². The molecule has 0 aliphatic carbocycles. The van der Waals surface area contributed by atoms with Gasteiger partial charge < -0.3 is 15.0 Å². The molecule has 3 heteroatoms. The molecule has 1 aliphatic rings. The van der Waals surface area contributed by atoms with Crippen LogP contribution in [0.5, 0.6) is 5.75 Å². The normalized spacial score (nSPS) is 19.2. The number of ether oxygens (including phenoxy) is 1. The van der Waals surface area contributed by atoms with Crippen molar-refractivity contribution in [3.8, 4) is 5.75 Å². The third kappa shape index (κ3) is 3.39. The Kier molecular flexibility index (Phi) is 4.88. The Hall–Kier alpha value is -1.22. The molecule has 1 atom stereocenters. The van der Waals surface area contributed by atoms with Crippen LogP contribution < -0.4 is 15.0 Å². The van der Waals surface area contributed by atoms with Gasteiger partial charge in [0, 0.05) is 18.8 Å². The van der Waals surface area contributed by atoms with Gasteiger partial charge in [0.2, 0.25) is 0 Å². The molecule has 1 saturated heterocycles. The van der Waals surface area contributed by atoms with E-state index in [1.54, 1.807) is 0 Å². The van der Waals surface area contributed by atoms with Crippen molar-refractivity contribution in [2.45, 2.75) is 20.3 Å². The summed E-state index contributed by atoms with van der Waals surface area (Å²) in [6.45, 7) is 9.46. The first-order valence-corrected chi connectivity index (χ1v) is 7.02. The maximum atomic E-state index is 5.47. The molecule has 1 aromatic carbocycles. The molecule has 3 nitrogen and oxygen atoms in total. The highest BCUT2D eigenvalue weighted by Gasteiger charge is 2.21. The summed E-state index contributed by atoms with van der Waals surface area (Å²) in [6.07, 6.45) is 1.29. The summed E-state index contributed by atoms with van der Waals surface area (Å²) < 4.78 is 5.47. The standard InChI is InChI=1S/C15H24N2O/c1-3-16-11-13-9-10-17(12-13)14-5-7-15(8-6-14)18-4-2/h5-8,13,16H,3-4,9-12H2,1-2H3. The van der Waals surface area contributed by atoms with Crippen LogP contribution in [0.25, 0.3) is 0 Å². The molecule has 1 aromatic rings. The number of benzene rings is 1. The summed E-state index contributed by atoms with van der Waals surface area (Å²) in [6, 6.07) is 8.47. The van der Waals surface area contributed by atoms with Gasteiger partial charge in [0.25, 0.3) is 0 Å². The van der Waals surface area contributed by atoms with E-state index in [1.165, 1.54) is 25.2 Å². The highest BCUT2D eigenvalue weighted by Crippen LogP contribution is 2.25. The fourth-order valence-electron chi connectivity index (χ4n) is 2.50. The maximum Gasteiger partial charge on any atom is 0.119 e. The highest BCUT2D eigenvalue weighted by atomic mass is 16.5. The third-order valence-electron chi connectivity index (χ3n) is 3.48. The second-order valence-electron chi connectivity index (χ2n) is 4.84. The lowest BCUT2D eigenvalue weighted by atomic mass is 10.1. The highest BCUT2D eigenvalue weighted by molar-refractivity contribution is 5.49. The summed E-state index contributed by atoms with van der Waals surface area (Å²) in [7, 11) is 0. The molecule has 0 radical (unpaired) electrons. The van der Waals surface area contributed by atoms with Gasteiger partial charge in [-0.2, -0.15) is 0 Å². The molecule has 1 fully saturated rings. The zero-order valence-electron chi connectivity index (χ0n) is 11.5. The lowest BCUT2D eigenvalue weighted by molar-refractivity contribution is 0.340. The zero-order valence-corrected chi connectivity index (χ0v) is 11.5. The predicted octanol–water partition coefficient (Wildman–Crippen LogP) is 2.52. The van der Waals surface area contributed by atoms with Gasteiger partial charge in [-0.25, -0.2) is 0 Å². The molecule has 18 heavy (non-hydrogen) atoms. The van der Waals surface area contributed by atoms with Crippen molar-refractivity contribution in [3.63, 3.8) is 0 Å². The van der Waals surface area contributed by atoms with Crippen LogP contribution in [0, 0.1) is 5.92 Å². The van der Waals surface area contributed by atoms with Crippen molar-refractivity contribution >= 4 is 5.69 Å². The number of nitrogens with zero attached hydrogens (tertiary/aromatic N) is 1. The summed E-state index contributed by atoms with van der Waals surface area (Å²) in [4.78, 5) is 2.47. The van der Waals surface area contributed by atoms with Crippen molar-refractivity contribution in [2.24, 2.45) is 5.92 Å². The van der Waals surface area contributed by atoms with E-state index in [4.69, 9.17) is 4.74 Å². The average Bonchev–Trinajstić information content (AvgIpc) is 2.86. The van der Waals surface area contributed by atoms with Crippen LogP contribution in [-0.2, 0) is 0 Å². The zero-order chi connectivity index (χ0) is 12.8. The first-order chi connectivity index (χ1) is 8.83. The van der Waals surface area contributed by atoms with Crippen LogP contribution in [0.4, 0.5) is 5.69 Å². The topological polar surface area (TPSA) is 24.5 Å². The first kappa shape index (κ1) is 13.2. The quantitative estimate of drug-likeness (QED) is 0.837. The van der Waals surface area contributed by atoms with Crippen LogP contribution in [0.2, 0.25) is 0 Å². The SMILES string of the molecule is CCNCC1CCN(c2ccc(OCC)cc2)C1. The minimum Gasteiger partial charge on any atom is -0.494 e. The van der Waals surface area contributed by atoms with E-state index in [9.17, 15) is 0 Å². The molecule has 1 heterocycles. The van der Waals surface area contributed by atoms with E-state index in [1.807, 2.05) is 6.92 Å². The summed E-state index contributed by atoms with van der Waals surface area (Å²) in [5.41, 5.74) is 1.32. The van der Waals surface area contributed by atoms with E-state index in [-0.39, 0.29) is 0 Å². The second kappa shape index (κ2) is 6.64. The van der Waals surface area contributed by atoms with Crippen molar-refractivity contribution in [1.29, 1.82) is 0 Å². The number of hydrogen-bond acceptors (Lipinski definition) is 3. The molecule has 2 rings (SSSR count). The predicted molar refractivity (Wildman–Crippen MR) is 76.5 cm³/mol. The summed E-state index contributed by atoms with van der Waals surface area (Å²) in [5, 5.41) is 3.44. The van der Waals surface area contributed by atoms with Crippen molar-refractivity contribution in [2.75, 3.05) is 37.7 Å². The lowest BCUT2D eigenvalue weighted by Gasteiger charge is -2.19. The molecule has 0 bridgehead atoms. The second-order valence-corrected chi connectivity index (χ2v) is 4.84. The van der Waals surface area contributed by atoms with Gasteiger partial charge in [-0.3, -0.25) is 0 Å². The van der Waals surface area contributed by atoms with E-state index in [0.717, 1.165) is 31.4 Å². The molecule has 0 spiro atoms. The Morgan fingerprint density at radius 1 is 1.28 bits per heavy atom. The van der Waals surface area contributed by atoms with E-state index < -0.39 is 0 Å². The Morgan fingerprint density at radius 2 is 2.06 bits per heavy atom. The Bertz CT molecular complexity index is 350. The molecule has 1 N–H and O–H groups in total. The van der Waals surface area contributed by atoms with Crippen LogP contribution in [0.3, 0.4) is 0 Å². The van der Waals surface area contributed by atoms with Crippen LogP contribution in [-0.4, -0.2) is 32.8 Å². The fourth-order valence-corrected chi connectivity index (χ4v) is 2.50. The monoisotopic (exact) mass is 248 g/mol. The van der Waals surface area contributed by atoms with Crippen molar-refractivity contribution in [1.82, 2.24) is 5.32 Å². The summed E-state index contributed by atoms with van der Waals surface area (Å²) >= 11 is 0. The van der Waals surface area contributed by atoms with Gasteiger partial charge in [-0.15, -0.1) is 0 Å². The van der Waals surface area contributed by atoms with Crippen molar-refractivity contribution < 1.29 is 4.74 Å². The molecule has 0 saturated carbocycles.